The van der Waals surface area contributed by atoms with Crippen LogP contribution < -0.4 is 0 Å². The molecule has 0 aliphatic heterocycles. The number of hydrogen-bond acceptors (Lipinski definition) is 5. The van der Waals surface area contributed by atoms with E-state index >= 15 is 0 Å². The minimum atomic E-state index is -0.886. The minimum absolute atomic E-state index is 0. The number of hydrogen-bond donors (Lipinski definition) is 4. The number of aliphatic hydroxyl groups excluding tert-OH is 3. The van der Waals surface area contributed by atoms with Crippen LogP contribution in [0.15, 0.2) is 30.3 Å². The van der Waals surface area contributed by atoms with E-state index in [4.69, 9.17) is 25.2 Å². The van der Waals surface area contributed by atoms with Crippen molar-refractivity contribution in [1.82, 2.24) is 0 Å². The molecule has 0 spiro atoms. The Hall–Kier alpha value is -0.756. The van der Waals surface area contributed by atoms with Crippen LogP contribution >= 0.6 is 0 Å². The Morgan fingerprint density at radius 1 is 0.806 bits per heavy atom. The van der Waals surface area contributed by atoms with Gasteiger partial charge >= 0.3 is 5.97 Å². The maximum absolute atomic E-state index is 10.0. The van der Waals surface area contributed by atoms with Crippen molar-refractivity contribution in [3.8, 4) is 0 Å². The van der Waals surface area contributed by atoms with Crippen LogP contribution in [-0.4, -0.2) is 57.9 Å². The molecule has 1 aromatic carbocycles. The number of rotatable bonds is 8. The zero-order valence-corrected chi connectivity index (χ0v) is 22.2. The van der Waals surface area contributed by atoms with Gasteiger partial charge < -0.3 is 25.2 Å². The van der Waals surface area contributed by atoms with E-state index in [1.54, 1.807) is 41.5 Å². The van der Waals surface area contributed by atoms with Crippen molar-refractivity contribution in [3.63, 3.8) is 0 Å². The van der Waals surface area contributed by atoms with E-state index in [0.717, 1.165) is 12.8 Å². The fourth-order valence-corrected chi connectivity index (χ4v) is 1.31. The Kier molecular flexibility index (Phi) is 47.9. The number of carboxylic acids is 1. The van der Waals surface area contributed by atoms with Crippen molar-refractivity contribution in [2.45, 2.75) is 98.9 Å². The van der Waals surface area contributed by atoms with Crippen LogP contribution in [0.2, 0.25) is 0 Å². The van der Waals surface area contributed by atoms with Crippen LogP contribution in [0.5, 0.6) is 0 Å². The summed E-state index contributed by atoms with van der Waals surface area (Å²) in [6, 6.07) is 12.5. The van der Waals surface area contributed by atoms with Gasteiger partial charge in [0.15, 0.2) is 0 Å². The summed E-state index contributed by atoms with van der Waals surface area (Å²) in [5.41, 5.74) is 0. The standard InChI is InChI=1S/C9H18O3.C6H5.3C3H8O.Ti/c1-2-3-4-5-6-7-12-8-9(10)11;1-2-4-6-5-3-1;3*1-3(2)4;/h2-8H2,1H3,(H,10,11);1-5H;3*3-4H,1-2H3;/q;-1;;;;. The van der Waals surface area contributed by atoms with E-state index < -0.39 is 5.97 Å². The molecule has 0 atom stereocenters. The first-order valence-electron chi connectivity index (χ1n) is 10.7. The van der Waals surface area contributed by atoms with Crippen molar-refractivity contribution in [2.24, 2.45) is 0 Å². The van der Waals surface area contributed by atoms with E-state index in [0.29, 0.717) is 6.61 Å². The SMILES string of the molecule is CC(C)O.CC(C)O.CC(C)O.CCCCCCCOCC(=O)O.[Ti].[c-]1ccccc1. The monoisotopic (exact) mass is 479 g/mol. The quantitative estimate of drug-likeness (QED) is 0.245. The van der Waals surface area contributed by atoms with E-state index in [1.165, 1.54) is 19.3 Å². The van der Waals surface area contributed by atoms with Crippen LogP contribution in [0.1, 0.15) is 80.6 Å². The predicted octanol–water partition coefficient (Wildman–Crippen LogP) is 4.70. The van der Waals surface area contributed by atoms with Crippen molar-refractivity contribution in [2.75, 3.05) is 13.2 Å². The van der Waals surface area contributed by atoms with Gasteiger partial charge in [0.1, 0.15) is 6.61 Å². The van der Waals surface area contributed by atoms with E-state index in [2.05, 4.69) is 13.0 Å². The molecule has 184 valence electrons. The molecule has 7 heteroatoms. The Bertz CT molecular complexity index is 351. The van der Waals surface area contributed by atoms with Crippen LogP contribution in [0, 0.1) is 6.07 Å². The normalized spacial score (nSPS) is 8.94. The zero-order chi connectivity index (χ0) is 24.2. The third-order valence-corrected chi connectivity index (χ3v) is 2.22. The van der Waals surface area contributed by atoms with Gasteiger partial charge in [-0.15, -0.1) is 0 Å². The van der Waals surface area contributed by atoms with Gasteiger partial charge in [0.2, 0.25) is 0 Å². The van der Waals surface area contributed by atoms with Gasteiger partial charge in [-0.2, -0.15) is 36.4 Å². The third-order valence-electron chi connectivity index (χ3n) is 2.22. The molecule has 0 aliphatic carbocycles. The fourth-order valence-electron chi connectivity index (χ4n) is 1.31. The van der Waals surface area contributed by atoms with Crippen molar-refractivity contribution >= 4 is 5.97 Å². The molecule has 0 bridgehead atoms. The van der Waals surface area contributed by atoms with Crippen LogP contribution in [0.4, 0.5) is 0 Å². The Balaban J connectivity index is -0.0000000999. The first-order chi connectivity index (χ1) is 14.0. The molecule has 31 heavy (non-hydrogen) atoms. The summed E-state index contributed by atoms with van der Waals surface area (Å²) in [5, 5.41) is 32.4. The number of carbonyl (C=O) groups is 1. The number of benzene rings is 1. The number of unbranched alkanes of at least 4 members (excludes halogenated alkanes) is 4. The molecule has 1 aromatic rings. The summed E-state index contributed by atoms with van der Waals surface area (Å²) >= 11 is 0. The maximum Gasteiger partial charge on any atom is 0.329 e. The average molecular weight is 480 g/mol. The average Bonchev–Trinajstić information content (AvgIpc) is 2.61. The minimum Gasteiger partial charge on any atom is -0.480 e. The predicted molar refractivity (Wildman–Crippen MR) is 125 cm³/mol. The second kappa shape index (κ2) is 36.6. The molecule has 0 saturated heterocycles. The molecular weight excluding hydrogens is 432 g/mol. The summed E-state index contributed by atoms with van der Waals surface area (Å²) < 4.78 is 4.88. The molecule has 0 heterocycles. The first-order valence-corrected chi connectivity index (χ1v) is 10.7. The fraction of sp³-hybridized carbons (Fsp3) is 0.708. The summed E-state index contributed by atoms with van der Waals surface area (Å²) in [7, 11) is 0. The molecule has 0 unspecified atom stereocenters. The van der Waals surface area contributed by atoms with Crippen LogP contribution in [0.3, 0.4) is 0 Å². The largest absolute Gasteiger partial charge is 0.480 e. The van der Waals surface area contributed by atoms with Gasteiger partial charge in [-0.25, -0.2) is 4.79 Å². The van der Waals surface area contributed by atoms with Crippen LogP contribution in [-0.2, 0) is 31.2 Å². The number of ether oxygens (including phenoxy) is 1. The Labute approximate surface area is 205 Å². The third kappa shape index (κ3) is 107. The molecule has 0 fully saturated rings. The number of carboxylic acid groups (broad SMARTS) is 1. The molecule has 6 nitrogen and oxygen atoms in total. The van der Waals surface area contributed by atoms with Gasteiger partial charge in [0.05, 0.1) is 0 Å². The molecule has 1 rings (SSSR count). The summed E-state index contributed by atoms with van der Waals surface area (Å²) in [5.74, 6) is -0.886. The number of aliphatic hydroxyl groups is 3. The van der Waals surface area contributed by atoms with Gasteiger partial charge in [-0.1, -0.05) is 32.6 Å². The second-order valence-corrected chi connectivity index (χ2v) is 7.22. The number of aliphatic carboxylic acids is 1. The van der Waals surface area contributed by atoms with Crippen molar-refractivity contribution in [1.29, 1.82) is 0 Å². The molecular formula is C24H47O6Ti-. The molecule has 0 radical (unpaired) electrons. The molecule has 0 aromatic heterocycles. The van der Waals surface area contributed by atoms with E-state index in [9.17, 15) is 4.79 Å². The maximum atomic E-state index is 10.0. The van der Waals surface area contributed by atoms with Gasteiger partial charge in [0.25, 0.3) is 0 Å². The first kappa shape index (κ1) is 40.6. The molecule has 4 N–H and O–H groups in total. The van der Waals surface area contributed by atoms with Crippen molar-refractivity contribution in [3.05, 3.63) is 36.4 Å². The molecule has 0 saturated carbocycles. The summed E-state index contributed by atoms with van der Waals surface area (Å²) in [6.45, 7) is 12.9. The Morgan fingerprint density at radius 2 is 1.19 bits per heavy atom. The topological polar surface area (TPSA) is 107 Å². The van der Waals surface area contributed by atoms with E-state index in [-0.39, 0.29) is 46.6 Å². The second-order valence-electron chi connectivity index (χ2n) is 7.22. The van der Waals surface area contributed by atoms with Gasteiger partial charge in [0, 0.05) is 46.6 Å². The summed E-state index contributed by atoms with van der Waals surface area (Å²) in [4.78, 5) is 10.0. The summed E-state index contributed by atoms with van der Waals surface area (Å²) in [6.07, 6.45) is 5.35. The molecule has 0 amide bonds. The van der Waals surface area contributed by atoms with Crippen LogP contribution in [0.25, 0.3) is 0 Å². The van der Waals surface area contributed by atoms with E-state index in [1.807, 2.05) is 30.3 Å². The van der Waals surface area contributed by atoms with Gasteiger partial charge in [-0.3, -0.25) is 0 Å². The zero-order valence-electron chi connectivity index (χ0n) is 20.7. The van der Waals surface area contributed by atoms with Crippen molar-refractivity contribution < 1.29 is 51.7 Å². The smallest absolute Gasteiger partial charge is 0.329 e. The Morgan fingerprint density at radius 3 is 1.45 bits per heavy atom. The van der Waals surface area contributed by atoms with Gasteiger partial charge in [-0.05, 0) is 48.0 Å². The molecule has 0 aliphatic rings.